The molecule has 1 saturated heterocycles. The zero-order valence-electron chi connectivity index (χ0n) is 13.0. The Morgan fingerprint density at radius 1 is 1.39 bits per heavy atom. The molecular weight excluding hydrogens is 314 g/mol. The Balaban J connectivity index is 1.74. The minimum atomic E-state index is -0.323. The predicted octanol–water partition coefficient (Wildman–Crippen LogP) is 1.20. The van der Waals surface area contributed by atoms with Crippen molar-refractivity contribution in [2.45, 2.75) is 6.04 Å². The smallest absolute Gasteiger partial charge is 0.292 e. The highest BCUT2D eigenvalue weighted by Crippen LogP contribution is 2.16. The van der Waals surface area contributed by atoms with E-state index in [0.717, 1.165) is 19.6 Å². The highest BCUT2D eigenvalue weighted by atomic mass is 35.5. The lowest BCUT2D eigenvalue weighted by Gasteiger charge is -2.31. The van der Waals surface area contributed by atoms with E-state index in [1.807, 2.05) is 30.3 Å². The molecule has 0 spiro atoms. The van der Waals surface area contributed by atoms with Crippen LogP contribution in [0.3, 0.4) is 0 Å². The highest BCUT2D eigenvalue weighted by Gasteiger charge is 2.17. The summed E-state index contributed by atoms with van der Waals surface area (Å²) in [6.07, 6.45) is 1.60. The van der Waals surface area contributed by atoms with Crippen LogP contribution in [0.15, 0.2) is 41.3 Å². The molecule has 2 aromatic rings. The van der Waals surface area contributed by atoms with E-state index in [0.29, 0.717) is 24.0 Å². The molecule has 1 aromatic heterocycles. The number of piperazine rings is 1. The molecule has 2 heterocycles. The Bertz CT molecular complexity index is 718. The molecule has 0 saturated carbocycles. The van der Waals surface area contributed by atoms with Crippen LogP contribution in [0.1, 0.15) is 0 Å². The van der Waals surface area contributed by atoms with Gasteiger partial charge in [-0.25, -0.2) is 0 Å². The van der Waals surface area contributed by atoms with Crippen LogP contribution in [0.25, 0.3) is 5.69 Å². The quantitative estimate of drug-likeness (QED) is 0.880. The molecule has 1 atom stereocenters. The predicted molar refractivity (Wildman–Crippen MR) is 92.6 cm³/mol. The number of hydrogen-bond donors (Lipinski definition) is 2. The minimum Gasteiger partial charge on any atom is -0.381 e. The molecule has 7 heteroatoms. The van der Waals surface area contributed by atoms with Crippen molar-refractivity contribution in [2.24, 2.45) is 0 Å². The SMILES string of the molecule is CN1CCNC(CNc2cnn(-c3ccccc3)c(=O)c2Cl)C1. The van der Waals surface area contributed by atoms with Crippen molar-refractivity contribution in [2.75, 3.05) is 38.5 Å². The zero-order valence-corrected chi connectivity index (χ0v) is 13.8. The summed E-state index contributed by atoms with van der Waals surface area (Å²) >= 11 is 6.23. The Labute approximate surface area is 140 Å². The van der Waals surface area contributed by atoms with Crippen LogP contribution in [0.2, 0.25) is 5.02 Å². The summed E-state index contributed by atoms with van der Waals surface area (Å²) in [6, 6.07) is 9.56. The molecule has 0 bridgehead atoms. The first-order chi connectivity index (χ1) is 11.1. The number of nitrogens with zero attached hydrogens (tertiary/aromatic N) is 3. The molecule has 122 valence electrons. The third-order valence-corrected chi connectivity index (χ3v) is 4.28. The molecule has 0 amide bonds. The lowest BCUT2D eigenvalue weighted by atomic mass is 10.2. The van der Waals surface area contributed by atoms with E-state index in [2.05, 4.69) is 27.7 Å². The van der Waals surface area contributed by atoms with Gasteiger partial charge in [-0.1, -0.05) is 29.8 Å². The Hall–Kier alpha value is -1.89. The first-order valence-corrected chi connectivity index (χ1v) is 8.02. The third-order valence-electron chi connectivity index (χ3n) is 3.92. The number of halogens is 1. The van der Waals surface area contributed by atoms with Gasteiger partial charge in [0.2, 0.25) is 0 Å². The van der Waals surface area contributed by atoms with E-state index in [-0.39, 0.29) is 10.6 Å². The van der Waals surface area contributed by atoms with E-state index in [9.17, 15) is 4.79 Å². The maximum absolute atomic E-state index is 12.4. The van der Waals surface area contributed by atoms with Crippen LogP contribution in [-0.2, 0) is 0 Å². The summed E-state index contributed by atoms with van der Waals surface area (Å²) in [7, 11) is 2.10. The van der Waals surface area contributed by atoms with Gasteiger partial charge in [-0.3, -0.25) is 4.79 Å². The first-order valence-electron chi connectivity index (χ1n) is 7.64. The fraction of sp³-hybridized carbons (Fsp3) is 0.375. The second kappa shape index (κ2) is 7.12. The van der Waals surface area contributed by atoms with Crippen molar-refractivity contribution in [1.29, 1.82) is 0 Å². The van der Waals surface area contributed by atoms with Crippen LogP contribution < -0.4 is 16.2 Å². The molecule has 1 aromatic carbocycles. The number of para-hydroxylation sites is 1. The number of rotatable bonds is 4. The standard InChI is InChI=1S/C16H20ClN5O/c1-21-8-7-18-12(11-21)9-19-14-10-20-22(16(23)15(14)17)13-5-3-2-4-6-13/h2-6,10,12,18-19H,7-9,11H2,1H3. The topological polar surface area (TPSA) is 62.2 Å². The van der Waals surface area contributed by atoms with E-state index < -0.39 is 0 Å². The van der Waals surface area contributed by atoms with Gasteiger partial charge in [0.15, 0.2) is 0 Å². The minimum absolute atomic E-state index is 0.160. The number of likely N-dealkylation sites (N-methyl/N-ethyl adjacent to an activating group) is 1. The van der Waals surface area contributed by atoms with E-state index in [1.165, 1.54) is 4.68 Å². The second-order valence-corrected chi connectivity index (χ2v) is 6.10. The van der Waals surface area contributed by atoms with Gasteiger partial charge in [-0.05, 0) is 19.2 Å². The van der Waals surface area contributed by atoms with Crippen LogP contribution >= 0.6 is 11.6 Å². The number of nitrogens with one attached hydrogen (secondary N) is 2. The van der Waals surface area contributed by atoms with Gasteiger partial charge in [-0.2, -0.15) is 9.78 Å². The lowest BCUT2D eigenvalue weighted by Crippen LogP contribution is -2.51. The normalized spacial score (nSPS) is 18.8. The summed E-state index contributed by atoms with van der Waals surface area (Å²) in [4.78, 5) is 14.7. The number of hydrogen-bond acceptors (Lipinski definition) is 5. The van der Waals surface area contributed by atoms with Crippen molar-refractivity contribution in [3.8, 4) is 5.69 Å². The highest BCUT2D eigenvalue weighted by molar-refractivity contribution is 6.32. The van der Waals surface area contributed by atoms with Crippen LogP contribution in [0.4, 0.5) is 5.69 Å². The molecule has 1 fully saturated rings. The summed E-state index contributed by atoms with van der Waals surface area (Å²) in [6.45, 7) is 3.66. The van der Waals surface area contributed by atoms with Crippen LogP contribution in [-0.4, -0.2) is 53.9 Å². The summed E-state index contributed by atoms with van der Waals surface area (Å²) in [5.74, 6) is 0. The zero-order chi connectivity index (χ0) is 16.2. The molecule has 3 rings (SSSR count). The fourth-order valence-electron chi connectivity index (χ4n) is 2.67. The van der Waals surface area contributed by atoms with E-state index in [4.69, 9.17) is 11.6 Å². The van der Waals surface area contributed by atoms with E-state index >= 15 is 0 Å². The lowest BCUT2D eigenvalue weighted by molar-refractivity contribution is 0.244. The van der Waals surface area contributed by atoms with Gasteiger partial charge in [0, 0.05) is 32.2 Å². The Kier molecular flexibility index (Phi) is 4.95. The molecule has 6 nitrogen and oxygen atoms in total. The number of benzene rings is 1. The maximum Gasteiger partial charge on any atom is 0.292 e. The Morgan fingerprint density at radius 3 is 2.91 bits per heavy atom. The molecular formula is C16H20ClN5O. The monoisotopic (exact) mass is 333 g/mol. The molecule has 0 aliphatic carbocycles. The molecule has 2 N–H and O–H groups in total. The van der Waals surface area contributed by atoms with Crippen molar-refractivity contribution < 1.29 is 0 Å². The molecule has 1 unspecified atom stereocenters. The van der Waals surface area contributed by atoms with Gasteiger partial charge >= 0.3 is 0 Å². The number of anilines is 1. The van der Waals surface area contributed by atoms with Gasteiger partial charge in [0.25, 0.3) is 5.56 Å². The number of aromatic nitrogens is 2. The van der Waals surface area contributed by atoms with Crippen LogP contribution in [0, 0.1) is 0 Å². The average Bonchev–Trinajstić information content (AvgIpc) is 2.57. The molecule has 0 radical (unpaired) electrons. The first kappa shape index (κ1) is 16.0. The molecule has 23 heavy (non-hydrogen) atoms. The van der Waals surface area contributed by atoms with Gasteiger partial charge in [-0.15, -0.1) is 0 Å². The third kappa shape index (κ3) is 3.72. The maximum atomic E-state index is 12.4. The Morgan fingerprint density at radius 2 is 2.17 bits per heavy atom. The van der Waals surface area contributed by atoms with Gasteiger partial charge in [0.1, 0.15) is 5.02 Å². The second-order valence-electron chi connectivity index (χ2n) is 5.72. The average molecular weight is 334 g/mol. The van der Waals surface area contributed by atoms with Crippen molar-refractivity contribution in [3.63, 3.8) is 0 Å². The van der Waals surface area contributed by atoms with Crippen LogP contribution in [0.5, 0.6) is 0 Å². The summed E-state index contributed by atoms with van der Waals surface area (Å²) in [5, 5.41) is 11.0. The van der Waals surface area contributed by atoms with Crippen molar-refractivity contribution >= 4 is 17.3 Å². The summed E-state index contributed by atoms with van der Waals surface area (Å²) < 4.78 is 1.31. The van der Waals surface area contributed by atoms with E-state index in [1.54, 1.807) is 6.20 Å². The van der Waals surface area contributed by atoms with Gasteiger partial charge < -0.3 is 15.5 Å². The molecule has 1 aliphatic heterocycles. The summed E-state index contributed by atoms with van der Waals surface area (Å²) in [5.41, 5.74) is 0.942. The fourth-order valence-corrected chi connectivity index (χ4v) is 2.87. The van der Waals surface area contributed by atoms with Crippen molar-refractivity contribution in [3.05, 3.63) is 51.9 Å². The largest absolute Gasteiger partial charge is 0.381 e. The van der Waals surface area contributed by atoms with Gasteiger partial charge in [0.05, 0.1) is 17.6 Å². The molecule has 1 aliphatic rings. The van der Waals surface area contributed by atoms with Crippen molar-refractivity contribution in [1.82, 2.24) is 20.0 Å².